The first kappa shape index (κ1) is 19.0. The lowest BCUT2D eigenvalue weighted by Gasteiger charge is -2.09. The molecule has 0 aliphatic rings. The van der Waals surface area contributed by atoms with Gasteiger partial charge in [0.25, 0.3) is 5.91 Å². The van der Waals surface area contributed by atoms with Gasteiger partial charge in [-0.15, -0.1) is 0 Å². The van der Waals surface area contributed by atoms with E-state index in [0.29, 0.717) is 12.1 Å². The standard InChI is InChI=1S/C24H26N4O/c1-4-27-13-12-21(26-27)15-25-24(29)20-10-11-23-22(14-20)17(2)18(3)28(23)16-19-8-6-5-7-9-19/h5-14H,4,15-16H2,1-3H3,(H,25,29). The van der Waals surface area contributed by atoms with Gasteiger partial charge in [-0.2, -0.15) is 5.10 Å². The Morgan fingerprint density at radius 1 is 1.07 bits per heavy atom. The molecule has 5 heteroatoms. The smallest absolute Gasteiger partial charge is 0.251 e. The third kappa shape index (κ3) is 3.81. The van der Waals surface area contributed by atoms with E-state index < -0.39 is 0 Å². The second-order valence-electron chi connectivity index (χ2n) is 7.36. The van der Waals surface area contributed by atoms with Crippen molar-refractivity contribution in [3.05, 3.63) is 88.9 Å². The number of hydrogen-bond donors (Lipinski definition) is 1. The maximum atomic E-state index is 12.7. The molecule has 2 aromatic carbocycles. The van der Waals surface area contributed by atoms with Crippen LogP contribution in [0.3, 0.4) is 0 Å². The molecule has 5 nitrogen and oxygen atoms in total. The molecule has 2 aromatic heterocycles. The predicted molar refractivity (Wildman–Crippen MR) is 116 cm³/mol. The lowest BCUT2D eigenvalue weighted by Crippen LogP contribution is -2.23. The van der Waals surface area contributed by atoms with Gasteiger partial charge in [0.2, 0.25) is 0 Å². The van der Waals surface area contributed by atoms with Crippen molar-refractivity contribution in [3.63, 3.8) is 0 Å². The van der Waals surface area contributed by atoms with E-state index in [2.05, 4.69) is 59.2 Å². The molecule has 2 heterocycles. The van der Waals surface area contributed by atoms with Crippen molar-refractivity contribution in [1.82, 2.24) is 19.7 Å². The molecule has 0 radical (unpaired) electrons. The maximum absolute atomic E-state index is 12.7. The molecule has 0 bridgehead atoms. The predicted octanol–water partition coefficient (Wildman–Crippen LogP) is 4.45. The Hall–Kier alpha value is -3.34. The molecule has 0 aliphatic carbocycles. The molecule has 4 aromatic rings. The topological polar surface area (TPSA) is 51.9 Å². The Balaban J connectivity index is 1.57. The van der Waals surface area contributed by atoms with Crippen LogP contribution in [0.25, 0.3) is 10.9 Å². The molecule has 0 saturated heterocycles. The van der Waals surface area contributed by atoms with Gasteiger partial charge >= 0.3 is 0 Å². The largest absolute Gasteiger partial charge is 0.346 e. The molecular weight excluding hydrogens is 360 g/mol. The lowest BCUT2D eigenvalue weighted by atomic mass is 10.1. The Morgan fingerprint density at radius 3 is 2.59 bits per heavy atom. The molecule has 0 unspecified atom stereocenters. The van der Waals surface area contributed by atoms with Gasteiger partial charge in [0.15, 0.2) is 0 Å². The summed E-state index contributed by atoms with van der Waals surface area (Å²) < 4.78 is 4.17. The van der Waals surface area contributed by atoms with Gasteiger partial charge in [0.05, 0.1) is 12.2 Å². The zero-order chi connectivity index (χ0) is 20.4. The van der Waals surface area contributed by atoms with Crippen LogP contribution in [0.2, 0.25) is 0 Å². The number of amides is 1. The Kier molecular flexibility index (Phi) is 5.21. The van der Waals surface area contributed by atoms with Gasteiger partial charge in [0, 0.05) is 41.4 Å². The minimum atomic E-state index is -0.0780. The molecule has 0 aliphatic heterocycles. The maximum Gasteiger partial charge on any atom is 0.251 e. The van der Waals surface area contributed by atoms with Crippen LogP contribution in [-0.2, 0) is 19.6 Å². The molecule has 0 saturated carbocycles. The summed E-state index contributed by atoms with van der Waals surface area (Å²) in [5.41, 5.74) is 6.40. The summed E-state index contributed by atoms with van der Waals surface area (Å²) in [6, 6.07) is 18.3. The third-order valence-electron chi connectivity index (χ3n) is 5.53. The number of nitrogens with zero attached hydrogens (tertiary/aromatic N) is 3. The number of benzene rings is 2. The molecule has 148 valence electrons. The quantitative estimate of drug-likeness (QED) is 0.532. The number of nitrogens with one attached hydrogen (secondary N) is 1. The van der Waals surface area contributed by atoms with Gasteiger partial charge < -0.3 is 9.88 Å². The van der Waals surface area contributed by atoms with Crippen molar-refractivity contribution >= 4 is 16.8 Å². The summed E-state index contributed by atoms with van der Waals surface area (Å²) in [4.78, 5) is 12.7. The van der Waals surface area contributed by atoms with Crippen molar-refractivity contribution in [2.75, 3.05) is 0 Å². The fourth-order valence-corrected chi connectivity index (χ4v) is 3.71. The van der Waals surface area contributed by atoms with E-state index in [1.165, 1.54) is 16.8 Å². The number of carbonyl (C=O) groups excluding carboxylic acids is 1. The van der Waals surface area contributed by atoms with E-state index >= 15 is 0 Å². The van der Waals surface area contributed by atoms with Gasteiger partial charge in [-0.05, 0) is 56.2 Å². The normalized spacial score (nSPS) is 11.1. The molecule has 0 spiro atoms. The van der Waals surface area contributed by atoms with Crippen LogP contribution in [0.5, 0.6) is 0 Å². The van der Waals surface area contributed by atoms with Crippen LogP contribution in [0.1, 0.15) is 39.8 Å². The van der Waals surface area contributed by atoms with Gasteiger partial charge in [-0.1, -0.05) is 30.3 Å². The minimum Gasteiger partial charge on any atom is -0.346 e. The fourth-order valence-electron chi connectivity index (χ4n) is 3.71. The van der Waals surface area contributed by atoms with E-state index in [0.717, 1.165) is 29.7 Å². The monoisotopic (exact) mass is 386 g/mol. The van der Waals surface area contributed by atoms with Crippen LogP contribution in [-0.4, -0.2) is 20.3 Å². The van der Waals surface area contributed by atoms with Crippen molar-refractivity contribution in [1.29, 1.82) is 0 Å². The number of aromatic nitrogens is 3. The van der Waals surface area contributed by atoms with Crippen molar-refractivity contribution in [2.24, 2.45) is 0 Å². The van der Waals surface area contributed by atoms with Crippen LogP contribution < -0.4 is 5.32 Å². The zero-order valence-corrected chi connectivity index (χ0v) is 17.1. The fraction of sp³-hybridized carbons (Fsp3) is 0.250. The first-order valence-electron chi connectivity index (χ1n) is 10.0. The summed E-state index contributed by atoms with van der Waals surface area (Å²) >= 11 is 0. The summed E-state index contributed by atoms with van der Waals surface area (Å²) in [6.45, 7) is 8.38. The van der Waals surface area contributed by atoms with E-state index in [4.69, 9.17) is 0 Å². The van der Waals surface area contributed by atoms with Crippen LogP contribution in [0.15, 0.2) is 60.8 Å². The molecule has 1 N–H and O–H groups in total. The van der Waals surface area contributed by atoms with Crippen LogP contribution in [0.4, 0.5) is 0 Å². The molecule has 4 rings (SSSR count). The Bertz CT molecular complexity index is 1150. The number of aryl methyl sites for hydroxylation is 2. The zero-order valence-electron chi connectivity index (χ0n) is 17.1. The molecule has 0 atom stereocenters. The summed E-state index contributed by atoms with van der Waals surface area (Å²) in [5.74, 6) is -0.0780. The average Bonchev–Trinajstić information content (AvgIpc) is 3.31. The first-order chi connectivity index (χ1) is 14.1. The highest BCUT2D eigenvalue weighted by Crippen LogP contribution is 2.27. The molecular formula is C24H26N4O. The third-order valence-corrected chi connectivity index (χ3v) is 5.53. The minimum absolute atomic E-state index is 0.0780. The van der Waals surface area contributed by atoms with Crippen LogP contribution in [0, 0.1) is 13.8 Å². The van der Waals surface area contributed by atoms with Crippen LogP contribution >= 0.6 is 0 Å². The molecule has 0 fully saturated rings. The number of hydrogen-bond acceptors (Lipinski definition) is 2. The highest BCUT2D eigenvalue weighted by atomic mass is 16.1. The lowest BCUT2D eigenvalue weighted by molar-refractivity contribution is 0.0950. The number of carbonyl (C=O) groups is 1. The average molecular weight is 386 g/mol. The van der Waals surface area contributed by atoms with Crippen molar-refractivity contribution < 1.29 is 4.79 Å². The van der Waals surface area contributed by atoms with Crippen molar-refractivity contribution in [3.8, 4) is 0 Å². The summed E-state index contributed by atoms with van der Waals surface area (Å²) in [6.07, 6.45) is 1.93. The SMILES string of the molecule is CCn1ccc(CNC(=O)c2ccc3c(c2)c(C)c(C)n3Cc2ccccc2)n1. The van der Waals surface area contributed by atoms with Gasteiger partial charge in [-0.25, -0.2) is 0 Å². The first-order valence-corrected chi connectivity index (χ1v) is 10.0. The number of fused-ring (bicyclic) bond motifs is 1. The van der Waals surface area contributed by atoms with Gasteiger partial charge in [-0.3, -0.25) is 9.48 Å². The second-order valence-corrected chi connectivity index (χ2v) is 7.36. The highest BCUT2D eigenvalue weighted by molar-refractivity contribution is 5.99. The van der Waals surface area contributed by atoms with Gasteiger partial charge in [0.1, 0.15) is 0 Å². The summed E-state index contributed by atoms with van der Waals surface area (Å²) in [7, 11) is 0. The Morgan fingerprint density at radius 2 is 1.86 bits per heavy atom. The molecule has 1 amide bonds. The molecule has 29 heavy (non-hydrogen) atoms. The van der Waals surface area contributed by atoms with Crippen molar-refractivity contribution in [2.45, 2.75) is 40.4 Å². The van der Waals surface area contributed by atoms with E-state index in [-0.39, 0.29) is 5.91 Å². The number of rotatable bonds is 6. The summed E-state index contributed by atoms with van der Waals surface area (Å²) in [5, 5.41) is 8.51. The van der Waals surface area contributed by atoms with E-state index in [1.807, 2.05) is 42.1 Å². The highest BCUT2D eigenvalue weighted by Gasteiger charge is 2.14. The van der Waals surface area contributed by atoms with E-state index in [9.17, 15) is 4.79 Å². The Labute approximate surface area is 171 Å². The second kappa shape index (κ2) is 7.95. The van der Waals surface area contributed by atoms with E-state index in [1.54, 1.807) is 0 Å².